The van der Waals surface area contributed by atoms with Crippen molar-refractivity contribution >= 4 is 17.5 Å². The van der Waals surface area contributed by atoms with Gasteiger partial charge in [0.1, 0.15) is 0 Å². The molecule has 2 amide bonds. The van der Waals surface area contributed by atoms with Gasteiger partial charge in [0.15, 0.2) is 0 Å². The highest BCUT2D eigenvalue weighted by molar-refractivity contribution is 5.96. The van der Waals surface area contributed by atoms with E-state index in [0.29, 0.717) is 13.1 Å². The van der Waals surface area contributed by atoms with E-state index in [4.69, 9.17) is 0 Å². The summed E-state index contributed by atoms with van der Waals surface area (Å²) in [7, 11) is 0. The summed E-state index contributed by atoms with van der Waals surface area (Å²) in [5.41, 5.74) is 3.64. The van der Waals surface area contributed by atoms with E-state index in [2.05, 4.69) is 25.1 Å². The van der Waals surface area contributed by atoms with Crippen molar-refractivity contribution < 1.29 is 9.59 Å². The molecular weight excluding hydrogens is 276 g/mol. The summed E-state index contributed by atoms with van der Waals surface area (Å²) in [6.07, 6.45) is 3.67. The van der Waals surface area contributed by atoms with Gasteiger partial charge in [-0.3, -0.25) is 9.59 Å². The summed E-state index contributed by atoms with van der Waals surface area (Å²) in [5.74, 6) is 0.417. The zero-order valence-electron chi connectivity index (χ0n) is 13.5. The lowest BCUT2D eigenvalue weighted by Gasteiger charge is -2.36. The highest BCUT2D eigenvalue weighted by Gasteiger charge is 2.31. The number of hydrogen-bond acceptors (Lipinski definition) is 2. The maximum Gasteiger partial charge on any atom is 0.230 e. The summed E-state index contributed by atoms with van der Waals surface area (Å²) in [6.45, 7) is 5.94. The highest BCUT2D eigenvalue weighted by atomic mass is 16.2. The fourth-order valence-corrected chi connectivity index (χ4v) is 3.62. The van der Waals surface area contributed by atoms with Crippen molar-refractivity contribution in [3.05, 3.63) is 29.3 Å². The molecule has 1 fully saturated rings. The molecule has 22 heavy (non-hydrogen) atoms. The summed E-state index contributed by atoms with van der Waals surface area (Å²) in [4.78, 5) is 28.1. The molecule has 0 saturated carbocycles. The van der Waals surface area contributed by atoms with Gasteiger partial charge in [-0.25, -0.2) is 0 Å². The molecule has 2 heterocycles. The van der Waals surface area contributed by atoms with Gasteiger partial charge >= 0.3 is 0 Å². The summed E-state index contributed by atoms with van der Waals surface area (Å²) < 4.78 is 0. The van der Waals surface area contributed by atoms with E-state index in [-0.39, 0.29) is 17.7 Å². The number of carbonyl (C=O) groups is 2. The van der Waals surface area contributed by atoms with Crippen LogP contribution >= 0.6 is 0 Å². The van der Waals surface area contributed by atoms with E-state index >= 15 is 0 Å². The van der Waals surface area contributed by atoms with Crippen LogP contribution in [0.5, 0.6) is 0 Å². The molecule has 1 saturated heterocycles. The van der Waals surface area contributed by atoms with E-state index in [1.165, 1.54) is 11.1 Å². The molecule has 1 aromatic carbocycles. The lowest BCUT2D eigenvalue weighted by atomic mass is 9.92. The number of nitrogens with zero attached hydrogens (tertiary/aromatic N) is 2. The molecule has 2 aliphatic rings. The van der Waals surface area contributed by atoms with Crippen LogP contribution in [0.25, 0.3) is 0 Å². The predicted octanol–water partition coefficient (Wildman–Crippen LogP) is 2.53. The van der Waals surface area contributed by atoms with Crippen LogP contribution in [0.1, 0.15) is 37.3 Å². The molecule has 0 N–H and O–H groups in total. The van der Waals surface area contributed by atoms with Gasteiger partial charge in [-0.1, -0.05) is 17.7 Å². The monoisotopic (exact) mass is 300 g/mol. The maximum absolute atomic E-state index is 12.9. The van der Waals surface area contributed by atoms with Crippen molar-refractivity contribution in [2.24, 2.45) is 5.92 Å². The normalized spacial score (nSPS) is 19.0. The van der Waals surface area contributed by atoms with Crippen molar-refractivity contribution in [1.29, 1.82) is 0 Å². The summed E-state index contributed by atoms with van der Waals surface area (Å²) >= 11 is 0. The van der Waals surface area contributed by atoms with Crippen LogP contribution in [0.3, 0.4) is 0 Å². The third-order valence-electron chi connectivity index (χ3n) is 4.91. The van der Waals surface area contributed by atoms with Crippen molar-refractivity contribution in [2.75, 3.05) is 24.5 Å². The molecule has 0 spiro atoms. The van der Waals surface area contributed by atoms with Gasteiger partial charge in [-0.2, -0.15) is 0 Å². The lowest BCUT2D eigenvalue weighted by Crippen LogP contribution is -2.45. The third-order valence-corrected chi connectivity index (χ3v) is 4.91. The highest BCUT2D eigenvalue weighted by Crippen LogP contribution is 2.31. The first-order valence-corrected chi connectivity index (χ1v) is 8.22. The standard InChI is InChI=1S/C18H24N2O2/c1-13-5-6-17-16(12-13)4-3-9-20(17)18(22)15-7-10-19(11-8-15)14(2)21/h5-6,12,15H,3-4,7-11H2,1-2H3. The van der Waals surface area contributed by atoms with Crippen LogP contribution in [0.15, 0.2) is 18.2 Å². The lowest BCUT2D eigenvalue weighted by molar-refractivity contribution is -0.133. The number of aryl methyl sites for hydroxylation is 2. The van der Waals surface area contributed by atoms with Gasteiger partial charge in [-0.05, 0) is 44.2 Å². The molecule has 4 heteroatoms. The largest absolute Gasteiger partial charge is 0.343 e. The number of fused-ring (bicyclic) bond motifs is 1. The Balaban J connectivity index is 1.73. The predicted molar refractivity (Wildman–Crippen MR) is 86.8 cm³/mol. The van der Waals surface area contributed by atoms with Gasteiger partial charge in [-0.15, -0.1) is 0 Å². The van der Waals surface area contributed by atoms with Gasteiger partial charge in [0, 0.05) is 38.2 Å². The number of benzene rings is 1. The molecule has 0 radical (unpaired) electrons. The van der Waals surface area contributed by atoms with Crippen LogP contribution in [0.2, 0.25) is 0 Å². The first-order chi connectivity index (χ1) is 10.6. The Morgan fingerprint density at radius 1 is 1.14 bits per heavy atom. The Morgan fingerprint density at radius 3 is 2.55 bits per heavy atom. The van der Waals surface area contributed by atoms with Gasteiger partial charge in [0.25, 0.3) is 0 Å². The molecule has 0 aromatic heterocycles. The first kappa shape index (κ1) is 15.1. The minimum Gasteiger partial charge on any atom is -0.343 e. The van der Waals surface area contributed by atoms with Crippen LogP contribution in [0.4, 0.5) is 5.69 Å². The number of piperidine rings is 1. The second-order valence-corrected chi connectivity index (χ2v) is 6.51. The van der Waals surface area contributed by atoms with E-state index < -0.39 is 0 Å². The van der Waals surface area contributed by atoms with Gasteiger partial charge in [0.2, 0.25) is 11.8 Å². The van der Waals surface area contributed by atoms with E-state index in [1.54, 1.807) is 6.92 Å². The van der Waals surface area contributed by atoms with E-state index in [0.717, 1.165) is 37.9 Å². The average molecular weight is 300 g/mol. The number of carbonyl (C=O) groups excluding carboxylic acids is 2. The molecule has 2 aliphatic heterocycles. The molecule has 3 rings (SSSR count). The SMILES string of the molecule is CC(=O)N1CCC(C(=O)N2CCCc3cc(C)ccc32)CC1. The fraction of sp³-hybridized carbons (Fsp3) is 0.556. The zero-order chi connectivity index (χ0) is 15.7. The van der Waals surface area contributed by atoms with Crippen molar-refractivity contribution in [3.8, 4) is 0 Å². The Labute approximate surface area is 132 Å². The molecule has 1 aromatic rings. The molecule has 0 bridgehead atoms. The molecule has 118 valence electrons. The fourth-order valence-electron chi connectivity index (χ4n) is 3.62. The minimum atomic E-state index is 0.0582. The minimum absolute atomic E-state index is 0.0582. The van der Waals surface area contributed by atoms with Gasteiger partial charge < -0.3 is 9.80 Å². The summed E-state index contributed by atoms with van der Waals surface area (Å²) in [5, 5.41) is 0. The maximum atomic E-state index is 12.9. The van der Waals surface area contributed by atoms with Gasteiger partial charge in [0.05, 0.1) is 0 Å². The number of likely N-dealkylation sites (tertiary alicyclic amines) is 1. The topological polar surface area (TPSA) is 40.6 Å². The van der Waals surface area contributed by atoms with Crippen molar-refractivity contribution in [2.45, 2.75) is 39.5 Å². The van der Waals surface area contributed by atoms with Crippen molar-refractivity contribution in [1.82, 2.24) is 4.90 Å². The average Bonchev–Trinajstić information content (AvgIpc) is 2.53. The van der Waals surface area contributed by atoms with E-state index in [9.17, 15) is 9.59 Å². The molecule has 0 aliphatic carbocycles. The molecule has 0 atom stereocenters. The zero-order valence-corrected chi connectivity index (χ0v) is 13.5. The van der Waals surface area contributed by atoms with Crippen LogP contribution < -0.4 is 4.90 Å². The smallest absolute Gasteiger partial charge is 0.230 e. The molecular formula is C18H24N2O2. The second kappa shape index (κ2) is 6.11. The Kier molecular flexibility index (Phi) is 4.19. The number of anilines is 1. The van der Waals surface area contributed by atoms with Crippen molar-refractivity contribution in [3.63, 3.8) is 0 Å². The number of hydrogen-bond donors (Lipinski definition) is 0. The van der Waals surface area contributed by atoms with Crippen LogP contribution in [-0.4, -0.2) is 36.3 Å². The van der Waals surface area contributed by atoms with Crippen LogP contribution in [0, 0.1) is 12.8 Å². The first-order valence-electron chi connectivity index (χ1n) is 8.22. The molecule has 0 unspecified atom stereocenters. The second-order valence-electron chi connectivity index (χ2n) is 6.51. The van der Waals surface area contributed by atoms with E-state index in [1.807, 2.05) is 9.80 Å². The van der Waals surface area contributed by atoms with Crippen LogP contribution in [-0.2, 0) is 16.0 Å². The third kappa shape index (κ3) is 2.87. The summed E-state index contributed by atoms with van der Waals surface area (Å²) in [6, 6.07) is 6.38. The number of amides is 2. The molecule has 4 nitrogen and oxygen atoms in total. The Hall–Kier alpha value is -1.84. The Bertz CT molecular complexity index is 589. The number of rotatable bonds is 1. The Morgan fingerprint density at radius 2 is 1.86 bits per heavy atom. The quantitative estimate of drug-likeness (QED) is 0.799.